The minimum atomic E-state index is -4.19. The molecule has 4 aromatic carbocycles. The van der Waals surface area contributed by atoms with Crippen LogP contribution in [0, 0.1) is 6.92 Å². The van der Waals surface area contributed by atoms with Crippen LogP contribution < -0.4 is 0 Å². The Hall–Kier alpha value is -3.21. The molecule has 0 aliphatic rings. The Kier molecular flexibility index (Phi) is 8.41. The first-order valence-electron chi connectivity index (χ1n) is 14.7. The van der Waals surface area contributed by atoms with Gasteiger partial charge in [-0.25, -0.2) is 4.18 Å². The summed E-state index contributed by atoms with van der Waals surface area (Å²) in [4.78, 5) is 0.126. The lowest BCUT2D eigenvalue weighted by atomic mass is 9.76. The molecule has 4 rings (SSSR count). The minimum absolute atomic E-state index is 0.0568. The molecule has 42 heavy (non-hydrogen) atoms. The highest BCUT2D eigenvalue weighted by molar-refractivity contribution is 7.86. The minimum Gasteiger partial charge on any atom is -0.245 e. The van der Waals surface area contributed by atoms with Gasteiger partial charge in [-0.3, -0.25) is 0 Å². The average molecular weight is 583 g/mol. The van der Waals surface area contributed by atoms with Crippen molar-refractivity contribution >= 4 is 10.1 Å². The highest BCUT2D eigenvalue weighted by Crippen LogP contribution is 2.44. The summed E-state index contributed by atoms with van der Waals surface area (Å²) in [5, 5.41) is 0. The van der Waals surface area contributed by atoms with Crippen molar-refractivity contribution < 1.29 is 12.6 Å². The van der Waals surface area contributed by atoms with E-state index >= 15 is 0 Å². The summed E-state index contributed by atoms with van der Waals surface area (Å²) in [6.45, 7) is 21.5. The second kappa shape index (κ2) is 11.1. The quantitative estimate of drug-likeness (QED) is 0.168. The number of rotatable bonds is 6. The lowest BCUT2D eigenvalue weighted by Crippen LogP contribution is -2.36. The fraction of sp³-hybridized carbons (Fsp3) is 0.368. The number of hydrogen-bond donors (Lipinski definition) is 0. The summed E-state index contributed by atoms with van der Waals surface area (Å²) in [7, 11) is -4.19. The van der Waals surface area contributed by atoms with Crippen LogP contribution in [0.25, 0.3) is 0 Å². The molecule has 0 atom stereocenters. The fourth-order valence-electron chi connectivity index (χ4n) is 5.18. The molecule has 0 aliphatic heterocycles. The van der Waals surface area contributed by atoms with Crippen LogP contribution in [0.5, 0.6) is 0 Å². The van der Waals surface area contributed by atoms with Crippen LogP contribution in [-0.4, -0.2) is 8.42 Å². The van der Waals surface area contributed by atoms with E-state index in [-0.39, 0.29) is 21.1 Å². The topological polar surface area (TPSA) is 43.4 Å². The zero-order valence-electron chi connectivity index (χ0n) is 26.9. The first-order valence-corrected chi connectivity index (χ1v) is 16.1. The van der Waals surface area contributed by atoms with Crippen molar-refractivity contribution in [2.24, 2.45) is 0 Å². The molecule has 0 N–H and O–H groups in total. The third-order valence-corrected chi connectivity index (χ3v) is 9.34. The Morgan fingerprint density at radius 2 is 0.690 bits per heavy atom. The molecular weight excluding hydrogens is 536 g/mol. The molecule has 0 heterocycles. The summed E-state index contributed by atoms with van der Waals surface area (Å²) in [5.74, 6) is 0. The van der Waals surface area contributed by atoms with Gasteiger partial charge in [0.2, 0.25) is 0 Å². The molecule has 0 unspecified atom stereocenters. The lowest BCUT2D eigenvalue weighted by Gasteiger charge is -2.36. The van der Waals surface area contributed by atoms with Gasteiger partial charge < -0.3 is 0 Å². The summed E-state index contributed by atoms with van der Waals surface area (Å²) >= 11 is 0. The van der Waals surface area contributed by atoms with Crippen LogP contribution >= 0.6 is 0 Å². The first kappa shape index (κ1) is 31.7. The van der Waals surface area contributed by atoms with E-state index < -0.39 is 15.7 Å². The molecule has 222 valence electrons. The molecule has 4 heteroatoms. The maximum Gasteiger partial charge on any atom is 0.298 e. The largest absolute Gasteiger partial charge is 0.298 e. The van der Waals surface area contributed by atoms with E-state index in [9.17, 15) is 8.42 Å². The third kappa shape index (κ3) is 6.55. The van der Waals surface area contributed by atoms with Gasteiger partial charge in [0.15, 0.2) is 5.60 Å². The highest BCUT2D eigenvalue weighted by atomic mass is 32.2. The molecule has 0 saturated carbocycles. The molecule has 4 aromatic rings. The number of hydrogen-bond acceptors (Lipinski definition) is 3. The van der Waals surface area contributed by atoms with Gasteiger partial charge in [0.25, 0.3) is 10.1 Å². The summed E-state index contributed by atoms with van der Waals surface area (Å²) in [6, 6.07) is 31.4. The Morgan fingerprint density at radius 3 is 0.952 bits per heavy atom. The molecule has 0 aliphatic carbocycles. The molecule has 0 aromatic heterocycles. The zero-order valence-corrected chi connectivity index (χ0v) is 27.7. The monoisotopic (exact) mass is 582 g/mol. The summed E-state index contributed by atoms with van der Waals surface area (Å²) in [6.07, 6.45) is 0. The van der Waals surface area contributed by atoms with Gasteiger partial charge in [0.05, 0.1) is 4.90 Å². The number of benzene rings is 4. The third-order valence-electron chi connectivity index (χ3n) is 8.02. The maximum atomic E-state index is 14.1. The van der Waals surface area contributed by atoms with Crippen LogP contribution in [0.3, 0.4) is 0 Å². The Labute approximate surface area is 254 Å². The summed E-state index contributed by atoms with van der Waals surface area (Å²) in [5.41, 5.74) is 5.11. The maximum absolute atomic E-state index is 14.1. The lowest BCUT2D eigenvalue weighted by molar-refractivity contribution is 0.164. The van der Waals surface area contributed by atoms with Gasteiger partial charge in [-0.15, -0.1) is 0 Å². The van der Waals surface area contributed by atoms with E-state index in [1.54, 1.807) is 24.3 Å². The van der Waals surface area contributed by atoms with Crippen molar-refractivity contribution in [3.63, 3.8) is 0 Å². The van der Waals surface area contributed by atoms with Gasteiger partial charge in [-0.2, -0.15) is 8.42 Å². The molecule has 0 saturated heterocycles. The normalized spacial score (nSPS) is 13.3. The SMILES string of the molecule is Cc1ccc(S(=O)(=O)OC(c2ccc(C(C)(C)C)cc2)(c2ccc(C(C)(C)C)cc2)c2ccc(C(C)(C)C)cc2)cc1. The standard InChI is InChI=1S/C38H46O3S/c1-27-11-25-34(26-12-27)42(39,40)41-38(31-19-13-28(14-20-31)35(2,3)4,32-21-15-29(16-22-32)36(5,6)7)33-23-17-30(18-24-33)37(8,9)10/h11-26H,1-10H3. The van der Waals surface area contributed by atoms with Crippen molar-refractivity contribution in [3.8, 4) is 0 Å². The van der Waals surface area contributed by atoms with Crippen LogP contribution in [0.2, 0.25) is 0 Å². The smallest absolute Gasteiger partial charge is 0.245 e. The molecule has 0 fully saturated rings. The van der Waals surface area contributed by atoms with Gasteiger partial charge in [0.1, 0.15) is 0 Å². The second-order valence-corrected chi connectivity index (χ2v) is 16.1. The van der Waals surface area contributed by atoms with Gasteiger partial charge in [-0.05, 0) is 68.7 Å². The van der Waals surface area contributed by atoms with Crippen LogP contribution in [0.4, 0.5) is 0 Å². The zero-order chi connectivity index (χ0) is 31.1. The van der Waals surface area contributed by atoms with E-state index in [1.165, 1.54) is 0 Å². The van der Waals surface area contributed by atoms with E-state index in [4.69, 9.17) is 4.18 Å². The van der Waals surface area contributed by atoms with Gasteiger partial charge in [0, 0.05) is 0 Å². The molecular formula is C38H46O3S. The van der Waals surface area contributed by atoms with Crippen LogP contribution in [-0.2, 0) is 36.1 Å². The summed E-state index contributed by atoms with van der Waals surface area (Å²) < 4.78 is 34.8. The second-order valence-electron chi connectivity index (χ2n) is 14.5. The van der Waals surface area contributed by atoms with Crippen molar-refractivity contribution in [3.05, 3.63) is 136 Å². The van der Waals surface area contributed by atoms with E-state index in [0.29, 0.717) is 0 Å². The van der Waals surface area contributed by atoms with E-state index in [1.807, 2.05) is 43.3 Å². The predicted molar refractivity (Wildman–Crippen MR) is 175 cm³/mol. The van der Waals surface area contributed by atoms with Crippen molar-refractivity contribution in [1.29, 1.82) is 0 Å². The van der Waals surface area contributed by atoms with Crippen molar-refractivity contribution in [2.75, 3.05) is 0 Å². The molecule has 0 spiro atoms. The average Bonchev–Trinajstić information content (AvgIpc) is 2.91. The molecule has 3 nitrogen and oxygen atoms in total. The Balaban J connectivity index is 2.05. The van der Waals surface area contributed by atoms with Crippen LogP contribution in [0.1, 0.15) is 101 Å². The molecule has 0 radical (unpaired) electrons. The van der Waals surface area contributed by atoms with Gasteiger partial charge in [-0.1, -0.05) is 153 Å². The molecule has 0 bridgehead atoms. The van der Waals surface area contributed by atoms with E-state index in [2.05, 4.69) is 98.7 Å². The van der Waals surface area contributed by atoms with Crippen LogP contribution in [0.15, 0.2) is 102 Å². The predicted octanol–water partition coefficient (Wildman–Crippen LogP) is 9.58. The van der Waals surface area contributed by atoms with Crippen molar-refractivity contribution in [2.45, 2.75) is 96.0 Å². The number of aryl methyl sites for hydroxylation is 1. The Bertz CT molecular complexity index is 1470. The highest BCUT2D eigenvalue weighted by Gasteiger charge is 2.43. The fourth-order valence-corrected chi connectivity index (χ4v) is 6.36. The Morgan fingerprint density at radius 1 is 0.429 bits per heavy atom. The van der Waals surface area contributed by atoms with E-state index in [0.717, 1.165) is 38.9 Å². The van der Waals surface area contributed by atoms with Gasteiger partial charge >= 0.3 is 0 Å². The first-order chi connectivity index (χ1) is 19.3. The van der Waals surface area contributed by atoms with Crippen molar-refractivity contribution in [1.82, 2.24) is 0 Å². The molecule has 0 amide bonds.